The lowest BCUT2D eigenvalue weighted by Crippen LogP contribution is -2.32. The van der Waals surface area contributed by atoms with Gasteiger partial charge in [0.1, 0.15) is 6.42 Å². The highest BCUT2D eigenvalue weighted by molar-refractivity contribution is 7.99. The van der Waals surface area contributed by atoms with Gasteiger partial charge in [-0.25, -0.2) is 0 Å². The van der Waals surface area contributed by atoms with Crippen molar-refractivity contribution in [2.75, 3.05) is 6.26 Å². The third kappa shape index (κ3) is 3.27. The molecule has 2 unspecified atom stereocenters. The maximum absolute atomic E-state index is 11.1. The summed E-state index contributed by atoms with van der Waals surface area (Å²) in [7, 11) is 0. The summed E-state index contributed by atoms with van der Waals surface area (Å²) in [5.74, 6) is -0.130. The summed E-state index contributed by atoms with van der Waals surface area (Å²) in [5, 5.41) is 11.9. The van der Waals surface area contributed by atoms with Crippen LogP contribution in [0.3, 0.4) is 0 Å². The molecule has 13 heavy (non-hydrogen) atoms. The van der Waals surface area contributed by atoms with Crippen molar-refractivity contribution in [2.45, 2.75) is 37.0 Å². The Balaban J connectivity index is 2.24. The molecule has 1 N–H and O–H groups in total. The molecule has 0 aromatic heterocycles. The zero-order valence-corrected chi connectivity index (χ0v) is 8.56. The number of hydrogen-bond donors (Lipinski definition) is 1. The zero-order chi connectivity index (χ0) is 9.68. The molecule has 0 aromatic rings. The van der Waals surface area contributed by atoms with Crippen LogP contribution >= 0.6 is 11.8 Å². The number of amides is 1. The molecule has 1 rings (SSSR count). The van der Waals surface area contributed by atoms with E-state index in [-0.39, 0.29) is 12.3 Å². The molecule has 1 amide bonds. The number of nitrogens with one attached hydrogen (secondary N) is 1. The van der Waals surface area contributed by atoms with Crippen molar-refractivity contribution in [1.82, 2.24) is 5.32 Å². The molecule has 4 heteroatoms. The maximum Gasteiger partial charge on any atom is 0.234 e. The number of nitrogens with zero attached hydrogens (tertiary/aromatic N) is 1. The van der Waals surface area contributed by atoms with Gasteiger partial charge in [-0.1, -0.05) is 0 Å². The molecule has 0 heterocycles. The average Bonchev–Trinajstić information content (AvgIpc) is 2.52. The van der Waals surface area contributed by atoms with Gasteiger partial charge in [-0.05, 0) is 25.5 Å². The van der Waals surface area contributed by atoms with E-state index in [9.17, 15) is 4.79 Å². The van der Waals surface area contributed by atoms with E-state index in [2.05, 4.69) is 11.6 Å². The minimum absolute atomic E-state index is 0.0135. The fraction of sp³-hybridized carbons (Fsp3) is 0.778. The summed E-state index contributed by atoms with van der Waals surface area (Å²) in [6.45, 7) is 0. The number of rotatable bonds is 3. The van der Waals surface area contributed by atoms with Crippen LogP contribution < -0.4 is 5.32 Å². The normalized spacial score (nSPS) is 26.8. The van der Waals surface area contributed by atoms with E-state index >= 15 is 0 Å². The minimum atomic E-state index is -0.130. The standard InChI is InChI=1S/C9H14N2OS/c1-13-8-3-2-7(6-8)11-9(12)4-5-10/h7-8H,2-4,6H2,1H3,(H,11,12). The van der Waals surface area contributed by atoms with E-state index in [0.717, 1.165) is 12.8 Å². The Morgan fingerprint density at radius 3 is 3.00 bits per heavy atom. The molecule has 72 valence electrons. The summed E-state index contributed by atoms with van der Waals surface area (Å²) in [4.78, 5) is 11.1. The molecule has 0 aliphatic heterocycles. The topological polar surface area (TPSA) is 52.9 Å². The van der Waals surface area contributed by atoms with Crippen molar-refractivity contribution < 1.29 is 4.79 Å². The van der Waals surface area contributed by atoms with Gasteiger partial charge >= 0.3 is 0 Å². The van der Waals surface area contributed by atoms with Gasteiger partial charge in [0, 0.05) is 11.3 Å². The molecule has 2 atom stereocenters. The fourth-order valence-electron chi connectivity index (χ4n) is 1.64. The second-order valence-corrected chi connectivity index (χ2v) is 4.41. The molecule has 0 saturated heterocycles. The molecule has 0 radical (unpaired) electrons. The van der Waals surface area contributed by atoms with Crippen LogP contribution in [-0.2, 0) is 4.79 Å². The first-order chi connectivity index (χ1) is 6.26. The largest absolute Gasteiger partial charge is 0.352 e. The average molecular weight is 198 g/mol. The van der Waals surface area contributed by atoms with Crippen LogP contribution in [0.25, 0.3) is 0 Å². The molecular formula is C9H14N2OS. The molecular weight excluding hydrogens is 184 g/mol. The summed E-state index contributed by atoms with van der Waals surface area (Å²) in [5.41, 5.74) is 0. The smallest absolute Gasteiger partial charge is 0.234 e. The van der Waals surface area contributed by atoms with Crippen LogP contribution in [0.5, 0.6) is 0 Å². The third-order valence-electron chi connectivity index (χ3n) is 2.32. The number of thioether (sulfide) groups is 1. The quantitative estimate of drug-likeness (QED) is 0.743. The highest BCUT2D eigenvalue weighted by Gasteiger charge is 2.24. The zero-order valence-electron chi connectivity index (χ0n) is 7.75. The number of hydrogen-bond acceptors (Lipinski definition) is 3. The van der Waals surface area contributed by atoms with Crippen LogP contribution in [-0.4, -0.2) is 23.5 Å². The lowest BCUT2D eigenvalue weighted by Gasteiger charge is -2.10. The van der Waals surface area contributed by atoms with Crippen LogP contribution in [0.15, 0.2) is 0 Å². The first-order valence-electron chi connectivity index (χ1n) is 4.45. The van der Waals surface area contributed by atoms with Crippen molar-refractivity contribution in [2.24, 2.45) is 0 Å². The van der Waals surface area contributed by atoms with E-state index in [0.29, 0.717) is 11.3 Å². The number of carbonyl (C=O) groups excluding carboxylic acids is 1. The summed E-state index contributed by atoms with van der Waals surface area (Å²) >= 11 is 1.86. The fourth-order valence-corrected chi connectivity index (χ4v) is 2.43. The predicted octanol–water partition coefficient (Wildman–Crippen LogP) is 1.30. The number of carbonyl (C=O) groups is 1. The molecule has 1 aliphatic carbocycles. The van der Waals surface area contributed by atoms with Crippen molar-refractivity contribution in [3.63, 3.8) is 0 Å². The monoisotopic (exact) mass is 198 g/mol. The van der Waals surface area contributed by atoms with Crippen molar-refractivity contribution >= 4 is 17.7 Å². The van der Waals surface area contributed by atoms with Gasteiger partial charge in [0.2, 0.25) is 5.91 Å². The van der Waals surface area contributed by atoms with Crippen LogP contribution in [0, 0.1) is 11.3 Å². The molecule has 0 aromatic carbocycles. The van der Waals surface area contributed by atoms with E-state index in [4.69, 9.17) is 5.26 Å². The first kappa shape index (κ1) is 10.4. The van der Waals surface area contributed by atoms with Gasteiger partial charge < -0.3 is 5.32 Å². The van der Waals surface area contributed by atoms with Gasteiger partial charge in [0.25, 0.3) is 0 Å². The predicted molar refractivity (Wildman–Crippen MR) is 53.3 cm³/mol. The highest BCUT2D eigenvalue weighted by Crippen LogP contribution is 2.27. The Labute approximate surface area is 82.9 Å². The first-order valence-corrected chi connectivity index (χ1v) is 5.74. The van der Waals surface area contributed by atoms with E-state index in [1.54, 1.807) is 0 Å². The van der Waals surface area contributed by atoms with Gasteiger partial charge in [0.05, 0.1) is 6.07 Å². The molecule has 3 nitrogen and oxygen atoms in total. The Hall–Kier alpha value is -0.690. The lowest BCUT2D eigenvalue weighted by molar-refractivity contribution is -0.120. The Morgan fingerprint density at radius 1 is 1.69 bits per heavy atom. The second kappa shape index (κ2) is 5.13. The Morgan fingerprint density at radius 2 is 2.46 bits per heavy atom. The Kier molecular flexibility index (Phi) is 4.10. The SMILES string of the molecule is CSC1CCC(NC(=O)CC#N)C1. The van der Waals surface area contributed by atoms with E-state index in [1.807, 2.05) is 17.8 Å². The lowest BCUT2D eigenvalue weighted by atomic mass is 10.2. The summed E-state index contributed by atoms with van der Waals surface area (Å²) in [6.07, 6.45) is 5.38. The molecule has 1 saturated carbocycles. The summed E-state index contributed by atoms with van der Waals surface area (Å²) < 4.78 is 0. The van der Waals surface area contributed by atoms with Crippen LogP contribution in [0.4, 0.5) is 0 Å². The van der Waals surface area contributed by atoms with Crippen LogP contribution in [0.2, 0.25) is 0 Å². The van der Waals surface area contributed by atoms with Crippen molar-refractivity contribution in [1.29, 1.82) is 5.26 Å². The van der Waals surface area contributed by atoms with Gasteiger partial charge in [-0.3, -0.25) is 4.79 Å². The van der Waals surface area contributed by atoms with Crippen molar-refractivity contribution in [3.8, 4) is 6.07 Å². The molecule has 0 spiro atoms. The van der Waals surface area contributed by atoms with Crippen LogP contribution in [0.1, 0.15) is 25.7 Å². The highest BCUT2D eigenvalue weighted by atomic mass is 32.2. The van der Waals surface area contributed by atoms with Crippen molar-refractivity contribution in [3.05, 3.63) is 0 Å². The second-order valence-electron chi connectivity index (χ2n) is 3.27. The molecule has 1 fully saturated rings. The maximum atomic E-state index is 11.1. The van der Waals surface area contributed by atoms with E-state index in [1.165, 1.54) is 6.42 Å². The van der Waals surface area contributed by atoms with E-state index < -0.39 is 0 Å². The van der Waals surface area contributed by atoms with Gasteiger partial charge in [-0.2, -0.15) is 17.0 Å². The van der Waals surface area contributed by atoms with Gasteiger partial charge in [-0.15, -0.1) is 0 Å². The minimum Gasteiger partial charge on any atom is -0.352 e. The molecule has 0 bridgehead atoms. The Bertz CT molecular complexity index is 224. The third-order valence-corrected chi connectivity index (χ3v) is 3.42. The number of nitriles is 1. The summed E-state index contributed by atoms with van der Waals surface area (Å²) in [6, 6.07) is 2.15. The molecule has 1 aliphatic rings. The van der Waals surface area contributed by atoms with Gasteiger partial charge in [0.15, 0.2) is 0 Å².